The van der Waals surface area contributed by atoms with Crippen molar-refractivity contribution in [3.05, 3.63) is 104 Å². The Labute approximate surface area is 223 Å². The number of nitrogens with one attached hydrogen (secondary N) is 2. The van der Waals surface area contributed by atoms with Gasteiger partial charge in [0.05, 0.1) is 31.7 Å². The molecular weight excluding hydrogens is 498 g/mol. The van der Waals surface area contributed by atoms with Crippen LogP contribution >= 0.6 is 0 Å². The quantitative estimate of drug-likeness (QED) is 0.261. The van der Waals surface area contributed by atoms with Crippen LogP contribution in [0.25, 0.3) is 21.8 Å². The molecule has 0 saturated carbocycles. The van der Waals surface area contributed by atoms with Gasteiger partial charge in [0.25, 0.3) is 11.1 Å². The van der Waals surface area contributed by atoms with Crippen LogP contribution in [0.4, 0.5) is 0 Å². The Hall–Kier alpha value is -4.79. The van der Waals surface area contributed by atoms with Crippen molar-refractivity contribution in [1.82, 2.24) is 14.5 Å². The first kappa shape index (κ1) is 25.8. The van der Waals surface area contributed by atoms with Gasteiger partial charge in [-0.2, -0.15) is 0 Å². The highest BCUT2D eigenvalue weighted by Crippen LogP contribution is 2.32. The zero-order chi connectivity index (χ0) is 27.7. The Morgan fingerprint density at radius 1 is 1.05 bits per heavy atom. The molecule has 0 spiro atoms. The molecule has 0 radical (unpaired) electrons. The van der Waals surface area contributed by atoms with E-state index in [1.165, 1.54) is 20.3 Å². The molecule has 0 fully saturated rings. The molecule has 3 N–H and O–H groups in total. The third-order valence-corrected chi connectivity index (χ3v) is 7.21. The lowest BCUT2D eigenvalue weighted by Crippen LogP contribution is -2.31. The number of hydrogen-bond acceptors (Lipinski definition) is 6. The minimum atomic E-state index is -1.03. The van der Waals surface area contributed by atoms with E-state index >= 15 is 0 Å². The molecule has 0 saturated heterocycles. The number of benzene rings is 2. The number of aromatic hydroxyl groups is 1. The lowest BCUT2D eigenvalue weighted by atomic mass is 9.88. The van der Waals surface area contributed by atoms with Gasteiger partial charge in [-0.3, -0.25) is 14.4 Å². The first-order valence-electron chi connectivity index (χ1n) is 12.6. The van der Waals surface area contributed by atoms with Crippen LogP contribution in [0, 0.1) is 6.92 Å². The maximum Gasteiger partial charge on any atom is 0.306 e. The number of ether oxygens (including phenoxy) is 2. The van der Waals surface area contributed by atoms with E-state index in [4.69, 9.17) is 9.47 Å². The largest absolute Gasteiger partial charge is 0.507 e. The number of aryl methyl sites for hydroxylation is 2. The fourth-order valence-electron chi connectivity index (χ4n) is 5.15. The van der Waals surface area contributed by atoms with Gasteiger partial charge in [-0.25, -0.2) is 0 Å². The summed E-state index contributed by atoms with van der Waals surface area (Å²) in [5.41, 5.74) is 2.39. The molecule has 9 nitrogen and oxygen atoms in total. The van der Waals surface area contributed by atoms with Gasteiger partial charge in [-0.05, 0) is 54.6 Å². The van der Waals surface area contributed by atoms with Crippen LogP contribution < -0.4 is 15.9 Å². The molecule has 3 aromatic heterocycles. The number of rotatable bonds is 8. The van der Waals surface area contributed by atoms with Crippen molar-refractivity contribution in [2.75, 3.05) is 14.2 Å². The number of methoxy groups -OCH3 is 2. The number of para-hydroxylation sites is 1. The summed E-state index contributed by atoms with van der Waals surface area (Å²) in [6.07, 6.45) is 2.20. The highest BCUT2D eigenvalue weighted by Gasteiger charge is 2.29. The summed E-state index contributed by atoms with van der Waals surface area (Å²) in [5.74, 6) is -1.34. The van der Waals surface area contributed by atoms with Crippen LogP contribution in [0.2, 0.25) is 0 Å². The summed E-state index contributed by atoms with van der Waals surface area (Å²) in [6, 6.07) is 16.3. The maximum absolute atomic E-state index is 13.9. The fraction of sp³-hybridized carbons (Fsp3) is 0.233. The van der Waals surface area contributed by atoms with Crippen molar-refractivity contribution in [2.45, 2.75) is 32.2 Å². The van der Waals surface area contributed by atoms with E-state index in [-0.39, 0.29) is 23.3 Å². The fourth-order valence-corrected chi connectivity index (χ4v) is 5.15. The summed E-state index contributed by atoms with van der Waals surface area (Å²) in [6.45, 7) is 2.09. The van der Waals surface area contributed by atoms with E-state index in [2.05, 4.69) is 9.97 Å². The van der Waals surface area contributed by atoms with E-state index in [1.54, 1.807) is 35.8 Å². The zero-order valence-corrected chi connectivity index (χ0v) is 21.9. The molecule has 0 unspecified atom stereocenters. The number of carbonyl (C=O) groups is 1. The van der Waals surface area contributed by atoms with Crippen LogP contribution in [0.3, 0.4) is 0 Å². The van der Waals surface area contributed by atoms with Gasteiger partial charge in [0.1, 0.15) is 11.5 Å². The minimum Gasteiger partial charge on any atom is -0.507 e. The molecule has 0 amide bonds. The van der Waals surface area contributed by atoms with Crippen molar-refractivity contribution in [3.63, 3.8) is 0 Å². The molecule has 9 heteroatoms. The van der Waals surface area contributed by atoms with Crippen molar-refractivity contribution in [3.8, 4) is 11.5 Å². The lowest BCUT2D eigenvalue weighted by Gasteiger charge is -2.20. The Balaban J connectivity index is 1.60. The highest BCUT2D eigenvalue weighted by molar-refractivity contribution is 5.83. The number of H-pyrrole nitrogens is 2. The molecule has 0 aliphatic carbocycles. The van der Waals surface area contributed by atoms with Crippen LogP contribution in [0.15, 0.2) is 70.4 Å². The number of esters is 1. The molecule has 0 bridgehead atoms. The van der Waals surface area contributed by atoms with E-state index in [9.17, 15) is 19.5 Å². The third-order valence-electron chi connectivity index (χ3n) is 7.21. The molecule has 5 aromatic rings. The molecule has 1 atom stereocenters. The average Bonchev–Trinajstić information content (AvgIpc) is 3.34. The summed E-state index contributed by atoms with van der Waals surface area (Å²) in [5, 5.41) is 12.7. The average molecular weight is 528 g/mol. The minimum absolute atomic E-state index is 0.0247. The van der Waals surface area contributed by atoms with Crippen LogP contribution in [-0.2, 0) is 22.5 Å². The molecule has 2 aromatic carbocycles. The molecule has 0 aliphatic heterocycles. The number of fused-ring (bicyclic) bond motifs is 2. The third kappa shape index (κ3) is 4.90. The highest BCUT2D eigenvalue weighted by atomic mass is 16.5. The van der Waals surface area contributed by atoms with Gasteiger partial charge in [0, 0.05) is 46.9 Å². The number of hydrogen-bond donors (Lipinski definition) is 3. The second kappa shape index (κ2) is 10.5. The van der Waals surface area contributed by atoms with E-state index < -0.39 is 23.0 Å². The van der Waals surface area contributed by atoms with Gasteiger partial charge in [0.15, 0.2) is 0 Å². The summed E-state index contributed by atoms with van der Waals surface area (Å²) >= 11 is 0. The second-order valence-corrected chi connectivity index (χ2v) is 9.49. The Bertz CT molecular complexity index is 1810. The van der Waals surface area contributed by atoms with Crippen molar-refractivity contribution >= 4 is 27.8 Å². The van der Waals surface area contributed by atoms with Crippen molar-refractivity contribution in [2.24, 2.45) is 0 Å². The number of nitrogens with zero attached hydrogens (tertiary/aromatic N) is 1. The number of aromatic amines is 2. The second-order valence-electron chi connectivity index (χ2n) is 9.49. The number of carbonyl (C=O) groups excluding carboxylic acids is 1. The van der Waals surface area contributed by atoms with Crippen molar-refractivity contribution < 1.29 is 19.4 Å². The van der Waals surface area contributed by atoms with E-state index in [1.807, 2.05) is 30.5 Å². The maximum atomic E-state index is 13.9. The van der Waals surface area contributed by atoms with Gasteiger partial charge >= 0.3 is 5.97 Å². The lowest BCUT2D eigenvalue weighted by molar-refractivity contribution is -0.140. The smallest absolute Gasteiger partial charge is 0.306 e. The standard InChI is InChI=1S/C30H29N3O6/c1-17-12-26(34)28(30(37)33(17)11-10-19-16-31-24-7-5-4-6-21(19)24)22(15-27(35)39-3)23-13-18-8-9-20(38-2)14-25(18)32-29(23)36/h4-9,12-14,16,22,31,34H,10-11,15H2,1-3H3,(H,32,36)/t22-/m1/s1. The first-order valence-corrected chi connectivity index (χ1v) is 12.6. The zero-order valence-electron chi connectivity index (χ0n) is 21.9. The van der Waals surface area contributed by atoms with Crippen molar-refractivity contribution in [1.29, 1.82) is 0 Å². The van der Waals surface area contributed by atoms with Crippen LogP contribution in [-0.4, -0.2) is 39.8 Å². The molecule has 0 aliphatic rings. The normalized spacial score (nSPS) is 12.1. The molecule has 39 heavy (non-hydrogen) atoms. The predicted molar refractivity (Wildman–Crippen MR) is 149 cm³/mol. The van der Waals surface area contributed by atoms with Gasteiger partial charge < -0.3 is 29.1 Å². The predicted octanol–water partition coefficient (Wildman–Crippen LogP) is 4.13. The van der Waals surface area contributed by atoms with Gasteiger partial charge in [-0.15, -0.1) is 0 Å². The Kier molecular flexibility index (Phi) is 6.98. The SMILES string of the molecule is COC(=O)C[C@H](c1cc2ccc(OC)cc2[nH]c1=O)c1c(O)cc(C)n(CCc2c[nH]c3ccccc23)c1=O. The number of aromatic nitrogens is 3. The van der Waals surface area contributed by atoms with E-state index in [0.717, 1.165) is 16.5 Å². The van der Waals surface area contributed by atoms with E-state index in [0.29, 0.717) is 35.3 Å². The Morgan fingerprint density at radius 3 is 2.62 bits per heavy atom. The Morgan fingerprint density at radius 2 is 1.85 bits per heavy atom. The van der Waals surface area contributed by atoms with Gasteiger partial charge in [0.2, 0.25) is 0 Å². The molecular formula is C30H29N3O6. The monoisotopic (exact) mass is 527 g/mol. The molecule has 200 valence electrons. The topological polar surface area (TPSA) is 126 Å². The van der Waals surface area contributed by atoms with Crippen LogP contribution in [0.5, 0.6) is 11.5 Å². The van der Waals surface area contributed by atoms with Crippen LogP contribution in [0.1, 0.15) is 34.7 Å². The number of pyridine rings is 2. The molecule has 5 rings (SSSR count). The first-order chi connectivity index (χ1) is 18.8. The summed E-state index contributed by atoms with van der Waals surface area (Å²) in [7, 11) is 2.77. The molecule has 3 heterocycles. The van der Waals surface area contributed by atoms with Gasteiger partial charge in [-0.1, -0.05) is 18.2 Å². The summed E-state index contributed by atoms with van der Waals surface area (Å²) in [4.78, 5) is 45.7. The summed E-state index contributed by atoms with van der Waals surface area (Å²) < 4.78 is 11.7.